The van der Waals surface area contributed by atoms with E-state index < -0.39 is 0 Å². The maximum absolute atomic E-state index is 12.0. The molecule has 1 saturated carbocycles. The van der Waals surface area contributed by atoms with Gasteiger partial charge in [0.05, 0.1) is 5.56 Å². The molecule has 3 aromatic rings. The van der Waals surface area contributed by atoms with Crippen molar-refractivity contribution in [2.45, 2.75) is 38.6 Å². The second-order valence-corrected chi connectivity index (χ2v) is 6.08. The fourth-order valence-electron chi connectivity index (χ4n) is 2.41. The van der Waals surface area contributed by atoms with E-state index >= 15 is 0 Å². The first-order valence-corrected chi connectivity index (χ1v) is 8.37. The molecule has 8 nitrogen and oxygen atoms in total. The number of carbonyl (C=O) groups excluding carboxylic acids is 1. The van der Waals surface area contributed by atoms with Gasteiger partial charge >= 0.3 is 0 Å². The second kappa shape index (κ2) is 6.46. The van der Waals surface area contributed by atoms with Crippen molar-refractivity contribution in [3.05, 3.63) is 42.4 Å². The van der Waals surface area contributed by atoms with Gasteiger partial charge in [-0.05, 0) is 31.4 Å². The standard InChI is InChI=1S/C17H18N6O2/c1-2-3-14-21-17(25-22-14)11-4-7-15(18-8-11)23-9-13(19-10-23)16(24)20-12-5-6-12/h4,7-10,12H,2-3,5-6H2,1H3,(H,20,24). The molecule has 1 fully saturated rings. The Morgan fingerprint density at radius 3 is 2.96 bits per heavy atom. The van der Waals surface area contributed by atoms with Crippen LogP contribution in [0.25, 0.3) is 17.3 Å². The van der Waals surface area contributed by atoms with Crippen LogP contribution in [0.3, 0.4) is 0 Å². The summed E-state index contributed by atoms with van der Waals surface area (Å²) in [6, 6.07) is 3.99. The molecule has 3 heterocycles. The normalized spacial score (nSPS) is 13.8. The van der Waals surface area contributed by atoms with Gasteiger partial charge in [-0.15, -0.1) is 0 Å². The van der Waals surface area contributed by atoms with E-state index in [1.807, 2.05) is 12.1 Å². The van der Waals surface area contributed by atoms with Crippen molar-refractivity contribution < 1.29 is 9.32 Å². The number of hydrogen-bond donors (Lipinski definition) is 1. The highest BCUT2D eigenvalue weighted by molar-refractivity contribution is 5.92. The largest absolute Gasteiger partial charge is 0.348 e. The first-order chi connectivity index (χ1) is 12.2. The topological polar surface area (TPSA) is 98.7 Å². The number of pyridine rings is 1. The Kier molecular flexibility index (Phi) is 4.01. The maximum atomic E-state index is 12.0. The Morgan fingerprint density at radius 1 is 1.36 bits per heavy atom. The van der Waals surface area contributed by atoms with E-state index in [9.17, 15) is 4.79 Å². The smallest absolute Gasteiger partial charge is 0.271 e. The predicted molar refractivity (Wildman–Crippen MR) is 89.1 cm³/mol. The van der Waals surface area contributed by atoms with Crippen LogP contribution in [0.15, 0.2) is 35.4 Å². The van der Waals surface area contributed by atoms with Crippen LogP contribution in [0.2, 0.25) is 0 Å². The van der Waals surface area contributed by atoms with E-state index in [0.29, 0.717) is 29.3 Å². The number of hydrogen-bond acceptors (Lipinski definition) is 6. The lowest BCUT2D eigenvalue weighted by atomic mass is 10.3. The number of aryl methyl sites for hydroxylation is 1. The summed E-state index contributed by atoms with van der Waals surface area (Å²) >= 11 is 0. The van der Waals surface area contributed by atoms with Crippen LogP contribution in [0, 0.1) is 0 Å². The fourth-order valence-corrected chi connectivity index (χ4v) is 2.41. The Balaban J connectivity index is 1.49. The van der Waals surface area contributed by atoms with Gasteiger partial charge in [0.1, 0.15) is 17.8 Å². The molecule has 3 aromatic heterocycles. The van der Waals surface area contributed by atoms with E-state index in [4.69, 9.17) is 4.52 Å². The zero-order valence-electron chi connectivity index (χ0n) is 13.8. The molecule has 0 unspecified atom stereocenters. The number of nitrogens with zero attached hydrogens (tertiary/aromatic N) is 5. The molecular formula is C17H18N6O2. The second-order valence-electron chi connectivity index (χ2n) is 6.08. The molecule has 1 N–H and O–H groups in total. The molecule has 0 bridgehead atoms. The van der Waals surface area contributed by atoms with Crippen LogP contribution in [0.5, 0.6) is 0 Å². The van der Waals surface area contributed by atoms with Crippen LogP contribution in [-0.2, 0) is 6.42 Å². The van der Waals surface area contributed by atoms with Gasteiger partial charge in [0.2, 0.25) is 0 Å². The molecular weight excluding hydrogens is 320 g/mol. The van der Waals surface area contributed by atoms with Gasteiger partial charge in [0, 0.05) is 24.9 Å². The molecule has 4 rings (SSSR count). The zero-order chi connectivity index (χ0) is 17.2. The predicted octanol–water partition coefficient (Wildman–Crippen LogP) is 2.16. The molecule has 0 saturated heterocycles. The number of carbonyl (C=O) groups is 1. The first-order valence-electron chi connectivity index (χ1n) is 8.37. The van der Waals surface area contributed by atoms with E-state index in [2.05, 4.69) is 32.3 Å². The molecule has 0 radical (unpaired) electrons. The van der Waals surface area contributed by atoms with Crippen LogP contribution in [-0.4, -0.2) is 36.6 Å². The summed E-state index contributed by atoms with van der Waals surface area (Å²) in [5, 5.41) is 6.86. The number of aromatic nitrogens is 5. The van der Waals surface area contributed by atoms with Crippen LogP contribution in [0.4, 0.5) is 0 Å². The van der Waals surface area contributed by atoms with Gasteiger partial charge in [0.15, 0.2) is 5.82 Å². The quantitative estimate of drug-likeness (QED) is 0.739. The summed E-state index contributed by atoms with van der Waals surface area (Å²) in [5.41, 5.74) is 1.14. The van der Waals surface area contributed by atoms with Crippen LogP contribution < -0.4 is 5.32 Å². The zero-order valence-corrected chi connectivity index (χ0v) is 13.8. The molecule has 0 aromatic carbocycles. The Bertz CT molecular complexity index is 879. The van der Waals surface area contributed by atoms with Crippen molar-refractivity contribution in [1.29, 1.82) is 0 Å². The highest BCUT2D eigenvalue weighted by Crippen LogP contribution is 2.20. The van der Waals surface area contributed by atoms with E-state index in [1.165, 1.54) is 0 Å². The number of imidazole rings is 1. The van der Waals surface area contributed by atoms with Gasteiger partial charge in [-0.3, -0.25) is 9.36 Å². The Labute approximate surface area is 144 Å². The molecule has 8 heteroatoms. The van der Waals surface area contributed by atoms with E-state index in [0.717, 1.165) is 31.2 Å². The molecule has 0 atom stereocenters. The highest BCUT2D eigenvalue weighted by atomic mass is 16.5. The SMILES string of the molecule is CCCc1noc(-c2ccc(-n3cnc(C(=O)NC4CC4)c3)nc2)n1. The maximum Gasteiger partial charge on any atom is 0.271 e. The average Bonchev–Trinajstić information content (AvgIpc) is 3.13. The minimum Gasteiger partial charge on any atom is -0.348 e. The lowest BCUT2D eigenvalue weighted by Gasteiger charge is -2.01. The third kappa shape index (κ3) is 3.42. The summed E-state index contributed by atoms with van der Waals surface area (Å²) in [6.45, 7) is 2.07. The molecule has 0 aliphatic heterocycles. The van der Waals surface area contributed by atoms with Gasteiger partial charge < -0.3 is 9.84 Å². The number of nitrogens with one attached hydrogen (secondary N) is 1. The molecule has 1 aliphatic rings. The van der Waals surface area contributed by atoms with Gasteiger partial charge in [-0.25, -0.2) is 9.97 Å². The molecule has 0 spiro atoms. The molecule has 25 heavy (non-hydrogen) atoms. The summed E-state index contributed by atoms with van der Waals surface area (Å²) in [5.74, 6) is 1.67. The van der Waals surface area contributed by atoms with Crippen molar-refractivity contribution >= 4 is 5.91 Å². The van der Waals surface area contributed by atoms with Crippen molar-refractivity contribution in [2.24, 2.45) is 0 Å². The Morgan fingerprint density at radius 2 is 2.24 bits per heavy atom. The minimum absolute atomic E-state index is 0.146. The number of amides is 1. The third-order valence-corrected chi connectivity index (χ3v) is 3.93. The van der Waals surface area contributed by atoms with Crippen molar-refractivity contribution in [3.63, 3.8) is 0 Å². The van der Waals surface area contributed by atoms with Crippen molar-refractivity contribution in [1.82, 2.24) is 30.0 Å². The monoisotopic (exact) mass is 338 g/mol. The summed E-state index contributed by atoms with van der Waals surface area (Å²) in [6.07, 6.45) is 8.77. The average molecular weight is 338 g/mol. The first kappa shape index (κ1) is 15.5. The fraction of sp³-hybridized carbons (Fsp3) is 0.353. The molecule has 128 valence electrons. The summed E-state index contributed by atoms with van der Waals surface area (Å²) in [4.78, 5) is 24.9. The lowest BCUT2D eigenvalue weighted by Crippen LogP contribution is -2.25. The van der Waals surface area contributed by atoms with E-state index in [-0.39, 0.29) is 5.91 Å². The van der Waals surface area contributed by atoms with Crippen molar-refractivity contribution in [2.75, 3.05) is 0 Å². The summed E-state index contributed by atoms with van der Waals surface area (Å²) in [7, 11) is 0. The minimum atomic E-state index is -0.146. The van der Waals surface area contributed by atoms with Crippen LogP contribution in [0.1, 0.15) is 42.5 Å². The van der Waals surface area contributed by atoms with Crippen LogP contribution >= 0.6 is 0 Å². The van der Waals surface area contributed by atoms with Crippen molar-refractivity contribution in [3.8, 4) is 17.3 Å². The molecule has 1 aliphatic carbocycles. The Hall–Kier alpha value is -3.03. The van der Waals surface area contributed by atoms with Gasteiger partial charge in [-0.2, -0.15) is 4.98 Å². The number of rotatable bonds is 6. The highest BCUT2D eigenvalue weighted by Gasteiger charge is 2.24. The van der Waals surface area contributed by atoms with Gasteiger partial charge in [0.25, 0.3) is 11.8 Å². The lowest BCUT2D eigenvalue weighted by molar-refractivity contribution is 0.0946. The van der Waals surface area contributed by atoms with E-state index in [1.54, 1.807) is 23.3 Å². The molecule has 1 amide bonds. The third-order valence-electron chi connectivity index (χ3n) is 3.93. The summed E-state index contributed by atoms with van der Waals surface area (Å²) < 4.78 is 6.96. The van der Waals surface area contributed by atoms with Gasteiger partial charge in [-0.1, -0.05) is 12.1 Å².